The highest BCUT2D eigenvalue weighted by atomic mass is 16.6. The van der Waals surface area contributed by atoms with Gasteiger partial charge in [0, 0.05) is 61.4 Å². The van der Waals surface area contributed by atoms with Crippen LogP contribution in [0.1, 0.15) is 55.4 Å². The first-order valence-corrected chi connectivity index (χ1v) is 14.0. The second kappa shape index (κ2) is 11.4. The summed E-state index contributed by atoms with van der Waals surface area (Å²) in [5, 5.41) is 11.1. The number of ether oxygens (including phenoxy) is 2. The number of nitrogens with one attached hydrogen (secondary N) is 2. The molecule has 2 aromatic heterocycles. The van der Waals surface area contributed by atoms with Gasteiger partial charge >= 0.3 is 6.09 Å². The Balaban J connectivity index is 1.46. The first-order valence-electron chi connectivity index (χ1n) is 14.0. The Morgan fingerprint density at radius 2 is 1.85 bits per heavy atom. The highest BCUT2D eigenvalue weighted by Gasteiger charge is 2.30. The summed E-state index contributed by atoms with van der Waals surface area (Å²) < 4.78 is 12.9. The van der Waals surface area contributed by atoms with Crippen molar-refractivity contribution in [1.29, 1.82) is 5.41 Å². The summed E-state index contributed by atoms with van der Waals surface area (Å²) in [7, 11) is 0. The van der Waals surface area contributed by atoms with Gasteiger partial charge in [0.05, 0.1) is 24.6 Å². The molecule has 3 aromatic rings. The summed E-state index contributed by atoms with van der Waals surface area (Å²) in [5.41, 5.74) is 9.54. The number of carbonyl (C=O) groups is 2. The summed E-state index contributed by atoms with van der Waals surface area (Å²) in [4.78, 5) is 39.8. The van der Waals surface area contributed by atoms with Crippen molar-refractivity contribution in [3.05, 3.63) is 41.3 Å². The number of aromatic nitrogens is 3. The molecule has 12 heteroatoms. The number of carbonyl (C=O) groups excluding carboxylic acids is 2. The van der Waals surface area contributed by atoms with Crippen molar-refractivity contribution in [3.63, 3.8) is 0 Å². The molecule has 41 heavy (non-hydrogen) atoms. The third-order valence-electron chi connectivity index (χ3n) is 7.33. The fourth-order valence-electron chi connectivity index (χ4n) is 5.29. The molecule has 4 N–H and O–H groups in total. The minimum atomic E-state index is -0.554. The molecule has 0 saturated carbocycles. The lowest BCUT2D eigenvalue weighted by Crippen LogP contribution is -2.48. The predicted octanol–water partition coefficient (Wildman–Crippen LogP) is 3.25. The molecule has 2 aliphatic heterocycles. The van der Waals surface area contributed by atoms with E-state index in [0.29, 0.717) is 97.6 Å². The van der Waals surface area contributed by atoms with Crippen molar-refractivity contribution in [1.82, 2.24) is 24.6 Å². The molecule has 2 fully saturated rings. The highest BCUT2D eigenvalue weighted by molar-refractivity contribution is 5.97. The zero-order valence-corrected chi connectivity index (χ0v) is 24.1. The molecule has 4 heterocycles. The maximum Gasteiger partial charge on any atom is 0.410 e. The van der Waals surface area contributed by atoms with E-state index in [9.17, 15) is 9.59 Å². The standard InChI is InChI=1S/C29H38N8O4/c1-18-24(27(38)33-19-8-10-36(11-9-19)28(39)41-29(2,3)4)37-17-23(20-6-5-7-22(31)21(20)16-30)34-25(26(37)32-18)35-12-14-40-15-13-35/h5-7,16-17,19,30H,8-15,31H2,1-4H3,(H,33,38). The van der Waals surface area contributed by atoms with Crippen LogP contribution in [0.5, 0.6) is 0 Å². The van der Waals surface area contributed by atoms with E-state index >= 15 is 0 Å². The lowest BCUT2D eigenvalue weighted by Gasteiger charge is -2.33. The molecule has 12 nitrogen and oxygen atoms in total. The van der Waals surface area contributed by atoms with E-state index in [1.54, 1.807) is 21.6 Å². The van der Waals surface area contributed by atoms with Gasteiger partial charge < -0.3 is 35.7 Å². The SMILES string of the molecule is Cc1nc2c(N3CCOCC3)nc(-c3cccc(N)c3C=N)cn2c1C(=O)NC1CCN(C(=O)OC(C)(C)C)CC1. The van der Waals surface area contributed by atoms with E-state index in [1.807, 2.05) is 39.8 Å². The van der Waals surface area contributed by atoms with Crippen LogP contribution in [0.3, 0.4) is 0 Å². The number of benzene rings is 1. The van der Waals surface area contributed by atoms with E-state index in [-0.39, 0.29) is 18.0 Å². The number of hydrogen-bond donors (Lipinski definition) is 3. The van der Waals surface area contributed by atoms with E-state index in [2.05, 4.69) is 10.2 Å². The smallest absolute Gasteiger partial charge is 0.410 e. The maximum atomic E-state index is 13.7. The maximum absolute atomic E-state index is 13.7. The van der Waals surface area contributed by atoms with Gasteiger partial charge in [-0.1, -0.05) is 12.1 Å². The average molecular weight is 563 g/mol. The van der Waals surface area contributed by atoms with Gasteiger partial charge in [-0.3, -0.25) is 9.20 Å². The number of piperidine rings is 1. The number of nitrogen functional groups attached to an aromatic ring is 1. The van der Waals surface area contributed by atoms with Crippen molar-refractivity contribution in [2.45, 2.75) is 52.2 Å². The molecule has 0 aliphatic carbocycles. The number of likely N-dealkylation sites (tertiary alicyclic amines) is 1. The Kier molecular flexibility index (Phi) is 7.85. The summed E-state index contributed by atoms with van der Waals surface area (Å²) in [6.07, 6.45) is 3.93. The van der Waals surface area contributed by atoms with Gasteiger partial charge in [-0.05, 0) is 46.6 Å². The molecule has 0 unspecified atom stereocenters. The molecule has 0 spiro atoms. The van der Waals surface area contributed by atoms with Crippen LogP contribution in [0, 0.1) is 12.3 Å². The number of imidazole rings is 1. The number of fused-ring (bicyclic) bond motifs is 1. The number of hydrogen-bond acceptors (Lipinski definition) is 9. The minimum Gasteiger partial charge on any atom is -0.444 e. The Labute approximate surface area is 239 Å². The van der Waals surface area contributed by atoms with E-state index < -0.39 is 5.60 Å². The summed E-state index contributed by atoms with van der Waals surface area (Å²) >= 11 is 0. The molecule has 0 atom stereocenters. The van der Waals surface area contributed by atoms with Crippen LogP contribution in [0.25, 0.3) is 16.9 Å². The molecule has 2 saturated heterocycles. The van der Waals surface area contributed by atoms with Gasteiger partial charge in [0.25, 0.3) is 5.91 Å². The fourth-order valence-corrected chi connectivity index (χ4v) is 5.29. The molecule has 2 amide bonds. The summed E-state index contributed by atoms with van der Waals surface area (Å²) in [6.45, 7) is 10.8. The van der Waals surface area contributed by atoms with Crippen LogP contribution < -0.4 is 16.0 Å². The number of rotatable bonds is 5. The number of aryl methyl sites for hydroxylation is 1. The van der Waals surface area contributed by atoms with Crippen LogP contribution in [0.2, 0.25) is 0 Å². The van der Waals surface area contributed by atoms with Gasteiger partial charge in [0.2, 0.25) is 0 Å². The second-order valence-corrected chi connectivity index (χ2v) is 11.5. The van der Waals surface area contributed by atoms with Crippen molar-refractivity contribution in [3.8, 4) is 11.3 Å². The number of anilines is 2. The number of morpholine rings is 1. The van der Waals surface area contributed by atoms with Gasteiger partial charge in [-0.25, -0.2) is 14.8 Å². The van der Waals surface area contributed by atoms with Crippen LogP contribution in [0.4, 0.5) is 16.3 Å². The van der Waals surface area contributed by atoms with Crippen LogP contribution in [-0.4, -0.2) is 88.5 Å². The van der Waals surface area contributed by atoms with Crippen LogP contribution in [0.15, 0.2) is 24.4 Å². The van der Waals surface area contributed by atoms with Crippen LogP contribution in [-0.2, 0) is 9.47 Å². The lowest BCUT2D eigenvalue weighted by molar-refractivity contribution is 0.0199. The van der Waals surface area contributed by atoms with Crippen LogP contribution >= 0.6 is 0 Å². The number of nitrogens with two attached hydrogens (primary N) is 1. The second-order valence-electron chi connectivity index (χ2n) is 11.5. The lowest BCUT2D eigenvalue weighted by atomic mass is 10.0. The van der Waals surface area contributed by atoms with Crippen molar-refractivity contribution in [2.24, 2.45) is 0 Å². The van der Waals surface area contributed by atoms with Crippen molar-refractivity contribution in [2.75, 3.05) is 50.0 Å². The van der Waals surface area contributed by atoms with Gasteiger partial charge in [-0.15, -0.1) is 0 Å². The van der Waals surface area contributed by atoms with E-state index in [0.717, 1.165) is 0 Å². The first-order chi connectivity index (χ1) is 19.6. The van der Waals surface area contributed by atoms with E-state index in [4.69, 9.17) is 30.6 Å². The Morgan fingerprint density at radius 3 is 2.51 bits per heavy atom. The normalized spacial score (nSPS) is 16.6. The van der Waals surface area contributed by atoms with Gasteiger partial charge in [0.15, 0.2) is 11.5 Å². The molecule has 1 aromatic carbocycles. The largest absolute Gasteiger partial charge is 0.444 e. The summed E-state index contributed by atoms with van der Waals surface area (Å²) in [6, 6.07) is 5.36. The summed E-state index contributed by atoms with van der Waals surface area (Å²) in [5.74, 6) is 0.410. The van der Waals surface area contributed by atoms with E-state index in [1.165, 1.54) is 6.21 Å². The molecule has 218 valence electrons. The number of amides is 2. The molecular weight excluding hydrogens is 524 g/mol. The monoisotopic (exact) mass is 562 g/mol. The zero-order chi connectivity index (χ0) is 29.3. The first kappa shape index (κ1) is 28.3. The van der Waals surface area contributed by atoms with Gasteiger partial charge in [-0.2, -0.15) is 0 Å². The Hall–Kier alpha value is -4.19. The molecule has 5 rings (SSSR count). The zero-order valence-electron chi connectivity index (χ0n) is 24.1. The topological polar surface area (TPSA) is 151 Å². The predicted molar refractivity (Wildman–Crippen MR) is 157 cm³/mol. The highest BCUT2D eigenvalue weighted by Crippen LogP contribution is 2.31. The molecule has 0 bridgehead atoms. The average Bonchev–Trinajstić information content (AvgIpc) is 3.28. The fraction of sp³-hybridized carbons (Fsp3) is 0.483. The third-order valence-corrected chi connectivity index (χ3v) is 7.33. The molecule has 0 radical (unpaired) electrons. The molecule has 2 aliphatic rings. The van der Waals surface area contributed by atoms with Gasteiger partial charge in [0.1, 0.15) is 11.3 Å². The van der Waals surface area contributed by atoms with Crippen molar-refractivity contribution < 1.29 is 19.1 Å². The number of nitrogens with zero attached hydrogens (tertiary/aromatic N) is 5. The van der Waals surface area contributed by atoms with Crippen molar-refractivity contribution >= 4 is 35.4 Å². The molecular formula is C29H38N8O4. The Bertz CT molecular complexity index is 1460. The Morgan fingerprint density at radius 1 is 1.15 bits per heavy atom. The quantitative estimate of drug-likeness (QED) is 0.317. The minimum absolute atomic E-state index is 0.0930. The third kappa shape index (κ3) is 5.97.